The third-order valence-corrected chi connectivity index (χ3v) is 4.96. The van der Waals surface area contributed by atoms with E-state index in [9.17, 15) is 0 Å². The number of hydrogen-bond acceptors (Lipinski definition) is 5. The van der Waals surface area contributed by atoms with Crippen molar-refractivity contribution in [2.45, 2.75) is 18.1 Å². The second-order valence-corrected chi connectivity index (χ2v) is 6.87. The van der Waals surface area contributed by atoms with Crippen LogP contribution in [0.3, 0.4) is 0 Å². The Morgan fingerprint density at radius 2 is 2.14 bits per heavy atom. The van der Waals surface area contributed by atoms with Crippen LogP contribution in [0, 0.1) is 5.92 Å². The van der Waals surface area contributed by atoms with Gasteiger partial charge < -0.3 is 9.32 Å². The van der Waals surface area contributed by atoms with E-state index in [1.165, 1.54) is 19.4 Å². The van der Waals surface area contributed by atoms with E-state index in [2.05, 4.69) is 22.1 Å². The maximum atomic E-state index is 5.88. The Morgan fingerprint density at radius 1 is 1.33 bits per heavy atom. The molecule has 3 rings (SSSR count). The van der Waals surface area contributed by atoms with E-state index in [1.54, 1.807) is 11.8 Å². The molecule has 0 amide bonds. The number of thioether (sulfide) groups is 1. The Kier molecular flexibility index (Phi) is 4.83. The van der Waals surface area contributed by atoms with Crippen molar-refractivity contribution in [2.75, 3.05) is 25.9 Å². The molecule has 21 heavy (non-hydrogen) atoms. The first kappa shape index (κ1) is 14.9. The average molecular weight is 324 g/mol. The van der Waals surface area contributed by atoms with Crippen molar-refractivity contribution in [3.05, 3.63) is 29.3 Å². The van der Waals surface area contributed by atoms with Crippen LogP contribution in [0.1, 0.15) is 12.8 Å². The van der Waals surface area contributed by atoms with Gasteiger partial charge in [-0.1, -0.05) is 23.4 Å². The maximum absolute atomic E-state index is 5.88. The Morgan fingerprint density at radius 3 is 2.90 bits per heavy atom. The number of benzene rings is 1. The highest BCUT2D eigenvalue weighted by Crippen LogP contribution is 2.27. The zero-order chi connectivity index (χ0) is 14.7. The summed E-state index contributed by atoms with van der Waals surface area (Å²) in [5, 5.41) is 9.57. The van der Waals surface area contributed by atoms with Gasteiger partial charge >= 0.3 is 0 Å². The summed E-state index contributed by atoms with van der Waals surface area (Å²) in [6.45, 7) is 2.37. The van der Waals surface area contributed by atoms with Gasteiger partial charge in [0.2, 0.25) is 5.89 Å². The molecule has 112 valence electrons. The molecular weight excluding hydrogens is 306 g/mol. The van der Waals surface area contributed by atoms with Crippen LogP contribution in [-0.2, 0) is 0 Å². The molecule has 1 aliphatic heterocycles. The largest absolute Gasteiger partial charge is 0.411 e. The lowest BCUT2D eigenvalue weighted by molar-refractivity contribution is 0.224. The Labute approximate surface area is 133 Å². The minimum atomic E-state index is 0.551. The molecule has 4 nitrogen and oxygen atoms in total. The zero-order valence-electron chi connectivity index (χ0n) is 12.0. The number of likely N-dealkylation sites (tertiary alicyclic amines) is 1. The topological polar surface area (TPSA) is 42.2 Å². The summed E-state index contributed by atoms with van der Waals surface area (Å²) >= 11 is 7.53. The summed E-state index contributed by atoms with van der Waals surface area (Å²) < 4.78 is 5.71. The van der Waals surface area contributed by atoms with Gasteiger partial charge in [0.15, 0.2) is 0 Å². The van der Waals surface area contributed by atoms with E-state index in [0.29, 0.717) is 22.1 Å². The van der Waals surface area contributed by atoms with Crippen molar-refractivity contribution in [1.29, 1.82) is 0 Å². The van der Waals surface area contributed by atoms with E-state index in [1.807, 2.05) is 24.3 Å². The van der Waals surface area contributed by atoms with Gasteiger partial charge in [0.25, 0.3) is 5.22 Å². The van der Waals surface area contributed by atoms with Crippen LogP contribution in [-0.4, -0.2) is 41.0 Å². The molecule has 6 heteroatoms. The van der Waals surface area contributed by atoms with Crippen LogP contribution in [0.2, 0.25) is 5.02 Å². The van der Waals surface area contributed by atoms with Gasteiger partial charge in [-0.05, 0) is 56.6 Å². The van der Waals surface area contributed by atoms with Crippen LogP contribution >= 0.6 is 23.4 Å². The summed E-state index contributed by atoms with van der Waals surface area (Å²) in [7, 11) is 2.18. The zero-order valence-corrected chi connectivity index (χ0v) is 13.5. The fourth-order valence-corrected chi connectivity index (χ4v) is 3.59. The molecule has 1 aromatic carbocycles. The summed E-state index contributed by atoms with van der Waals surface area (Å²) in [6, 6.07) is 7.43. The third-order valence-electron chi connectivity index (χ3n) is 3.66. The number of nitrogens with zero attached hydrogens (tertiary/aromatic N) is 3. The molecule has 2 heterocycles. The quantitative estimate of drug-likeness (QED) is 0.800. The van der Waals surface area contributed by atoms with E-state index < -0.39 is 0 Å². The lowest BCUT2D eigenvalue weighted by Crippen LogP contribution is -2.33. The van der Waals surface area contributed by atoms with Crippen LogP contribution in [0.5, 0.6) is 0 Å². The molecule has 2 aromatic rings. The molecular formula is C15H18ClN3OS. The molecule has 0 aliphatic carbocycles. The average Bonchev–Trinajstić information content (AvgIpc) is 2.95. The van der Waals surface area contributed by atoms with E-state index >= 15 is 0 Å². The molecule has 0 saturated carbocycles. The molecule has 1 aliphatic rings. The standard InChI is InChI=1S/C15H18ClN3OS/c1-19-8-2-3-11(9-19)10-21-15-18-17-14(20-15)12-4-6-13(16)7-5-12/h4-7,11H,2-3,8-10H2,1H3/t11-/m1/s1. The lowest BCUT2D eigenvalue weighted by Gasteiger charge is -2.28. The summed E-state index contributed by atoms with van der Waals surface area (Å²) in [4.78, 5) is 2.39. The first-order valence-corrected chi connectivity index (χ1v) is 8.48. The first-order chi connectivity index (χ1) is 10.2. The van der Waals surface area contributed by atoms with Gasteiger partial charge in [-0.3, -0.25) is 0 Å². The minimum Gasteiger partial charge on any atom is -0.411 e. The Balaban J connectivity index is 1.59. The normalized spacial score (nSPS) is 19.8. The van der Waals surface area contributed by atoms with E-state index in [-0.39, 0.29) is 0 Å². The van der Waals surface area contributed by atoms with Crippen LogP contribution in [0.15, 0.2) is 33.9 Å². The number of rotatable bonds is 4. The van der Waals surface area contributed by atoms with Crippen molar-refractivity contribution in [2.24, 2.45) is 5.92 Å². The first-order valence-electron chi connectivity index (χ1n) is 7.11. The fraction of sp³-hybridized carbons (Fsp3) is 0.467. The Hall–Kier alpha value is -1.04. The van der Waals surface area contributed by atoms with Crippen molar-refractivity contribution in [1.82, 2.24) is 15.1 Å². The number of piperidine rings is 1. The number of hydrogen-bond donors (Lipinski definition) is 0. The van der Waals surface area contributed by atoms with Gasteiger partial charge in [0, 0.05) is 22.9 Å². The molecule has 0 spiro atoms. The summed E-state index contributed by atoms with van der Waals surface area (Å²) in [5.74, 6) is 2.29. The molecule has 1 fully saturated rings. The minimum absolute atomic E-state index is 0.551. The predicted molar refractivity (Wildman–Crippen MR) is 85.7 cm³/mol. The van der Waals surface area contributed by atoms with Gasteiger partial charge in [-0.15, -0.1) is 10.2 Å². The predicted octanol–water partition coefficient (Wildman–Crippen LogP) is 3.82. The lowest BCUT2D eigenvalue weighted by atomic mass is 10.0. The highest BCUT2D eigenvalue weighted by atomic mass is 35.5. The number of aromatic nitrogens is 2. The summed E-state index contributed by atoms with van der Waals surface area (Å²) in [6.07, 6.45) is 2.57. The highest BCUT2D eigenvalue weighted by molar-refractivity contribution is 7.99. The smallest absolute Gasteiger partial charge is 0.276 e. The third kappa shape index (κ3) is 3.99. The van der Waals surface area contributed by atoms with Crippen molar-refractivity contribution >= 4 is 23.4 Å². The maximum Gasteiger partial charge on any atom is 0.276 e. The second-order valence-electron chi connectivity index (χ2n) is 5.46. The van der Waals surface area contributed by atoms with Crippen LogP contribution < -0.4 is 0 Å². The van der Waals surface area contributed by atoms with Gasteiger partial charge in [-0.2, -0.15) is 0 Å². The van der Waals surface area contributed by atoms with E-state index in [4.69, 9.17) is 16.0 Å². The Bertz CT molecular complexity index is 587. The van der Waals surface area contributed by atoms with Crippen LogP contribution in [0.25, 0.3) is 11.5 Å². The molecule has 0 bridgehead atoms. The monoisotopic (exact) mass is 323 g/mol. The highest BCUT2D eigenvalue weighted by Gasteiger charge is 2.18. The second kappa shape index (κ2) is 6.81. The van der Waals surface area contributed by atoms with Crippen molar-refractivity contribution in [3.8, 4) is 11.5 Å². The van der Waals surface area contributed by atoms with Gasteiger partial charge in [0.1, 0.15) is 0 Å². The molecule has 1 aromatic heterocycles. The fourth-order valence-electron chi connectivity index (χ4n) is 2.58. The van der Waals surface area contributed by atoms with Gasteiger partial charge in [0.05, 0.1) is 0 Å². The van der Waals surface area contributed by atoms with Crippen molar-refractivity contribution < 1.29 is 4.42 Å². The molecule has 1 atom stereocenters. The summed E-state index contributed by atoms with van der Waals surface area (Å²) in [5.41, 5.74) is 0.899. The van der Waals surface area contributed by atoms with Crippen molar-refractivity contribution in [3.63, 3.8) is 0 Å². The molecule has 1 saturated heterocycles. The van der Waals surface area contributed by atoms with Crippen LogP contribution in [0.4, 0.5) is 0 Å². The molecule has 0 unspecified atom stereocenters. The van der Waals surface area contributed by atoms with Gasteiger partial charge in [-0.25, -0.2) is 0 Å². The number of halogens is 1. The molecule has 0 N–H and O–H groups in total. The molecule has 0 radical (unpaired) electrons. The SMILES string of the molecule is CN1CCC[C@@H](CSc2nnc(-c3ccc(Cl)cc3)o2)C1. The van der Waals surface area contributed by atoms with E-state index in [0.717, 1.165) is 17.9 Å².